The van der Waals surface area contributed by atoms with Crippen LogP contribution in [-0.2, 0) is 14.9 Å². The molecule has 1 N–H and O–H groups in total. The van der Waals surface area contributed by atoms with Gasteiger partial charge in [0.15, 0.2) is 0 Å². The summed E-state index contributed by atoms with van der Waals surface area (Å²) in [4.78, 5) is 14.8. The van der Waals surface area contributed by atoms with Gasteiger partial charge in [-0.25, -0.2) is 0 Å². The van der Waals surface area contributed by atoms with Gasteiger partial charge in [0, 0.05) is 30.7 Å². The van der Waals surface area contributed by atoms with Gasteiger partial charge in [-0.15, -0.1) is 12.4 Å². The van der Waals surface area contributed by atoms with Crippen molar-refractivity contribution in [1.29, 1.82) is 0 Å². The zero-order chi connectivity index (χ0) is 14.3. The second-order valence-corrected chi connectivity index (χ2v) is 6.49. The number of rotatable bonds is 1. The minimum absolute atomic E-state index is 0. The molecule has 1 aromatic carbocycles. The average molecular weight is 323 g/mol. The van der Waals surface area contributed by atoms with Gasteiger partial charge in [-0.2, -0.15) is 0 Å². The molecule has 2 fully saturated rings. The van der Waals surface area contributed by atoms with Gasteiger partial charge in [0.1, 0.15) is 6.10 Å². The lowest BCUT2D eigenvalue weighted by atomic mass is 9.81. The summed E-state index contributed by atoms with van der Waals surface area (Å²) in [5, 5.41) is 3.25. The molecule has 2 aliphatic heterocycles. The van der Waals surface area contributed by atoms with Crippen LogP contribution in [0.5, 0.6) is 0 Å². The highest BCUT2D eigenvalue weighted by atomic mass is 35.5. The molecule has 1 saturated heterocycles. The zero-order valence-electron chi connectivity index (χ0n) is 12.7. The largest absolute Gasteiger partial charge is 0.366 e. The van der Waals surface area contributed by atoms with Crippen molar-refractivity contribution in [2.75, 3.05) is 31.1 Å². The molecule has 1 aliphatic carbocycles. The SMILES string of the molecule is Cl.O=C(C1CNCCO1)N1CC2(CCCC2)c2ccccc21. The van der Waals surface area contributed by atoms with Crippen molar-refractivity contribution in [2.45, 2.75) is 37.2 Å². The van der Waals surface area contributed by atoms with Crippen LogP contribution in [0.2, 0.25) is 0 Å². The second kappa shape index (κ2) is 6.19. The molecule has 5 heteroatoms. The van der Waals surface area contributed by atoms with Crippen LogP contribution < -0.4 is 10.2 Å². The van der Waals surface area contributed by atoms with Crippen molar-refractivity contribution >= 4 is 24.0 Å². The zero-order valence-corrected chi connectivity index (χ0v) is 13.5. The summed E-state index contributed by atoms with van der Waals surface area (Å²) in [5.74, 6) is 0.124. The number of morpholine rings is 1. The Morgan fingerprint density at radius 2 is 2.05 bits per heavy atom. The standard InChI is InChI=1S/C17H22N2O2.ClH/c20-16(15-11-18-9-10-21-15)19-12-17(7-3-4-8-17)13-5-1-2-6-14(13)19;/h1-2,5-6,15,18H,3-4,7-12H2;1H. The Kier molecular flexibility index (Phi) is 4.44. The Morgan fingerprint density at radius 3 is 2.77 bits per heavy atom. The number of benzene rings is 1. The maximum absolute atomic E-state index is 12.9. The Bertz CT molecular complexity index is 551. The number of amides is 1. The number of nitrogens with zero attached hydrogens (tertiary/aromatic N) is 1. The Morgan fingerprint density at radius 1 is 1.27 bits per heavy atom. The number of hydrogen-bond donors (Lipinski definition) is 1. The van der Waals surface area contributed by atoms with Crippen molar-refractivity contribution in [3.05, 3.63) is 29.8 Å². The monoisotopic (exact) mass is 322 g/mol. The van der Waals surface area contributed by atoms with Crippen LogP contribution in [0.25, 0.3) is 0 Å². The predicted octanol–water partition coefficient (Wildman–Crippen LogP) is 2.26. The number of nitrogens with one attached hydrogen (secondary N) is 1. The topological polar surface area (TPSA) is 41.6 Å². The quantitative estimate of drug-likeness (QED) is 0.862. The highest BCUT2D eigenvalue weighted by molar-refractivity contribution is 5.99. The molecule has 4 nitrogen and oxygen atoms in total. The van der Waals surface area contributed by atoms with Gasteiger partial charge < -0.3 is 15.0 Å². The van der Waals surface area contributed by atoms with Crippen LogP contribution in [0, 0.1) is 0 Å². The van der Waals surface area contributed by atoms with Crippen LogP contribution in [0.4, 0.5) is 5.69 Å². The van der Waals surface area contributed by atoms with E-state index in [4.69, 9.17) is 4.74 Å². The molecule has 4 rings (SSSR count). The number of ether oxygens (including phenoxy) is 1. The Hall–Kier alpha value is -1.10. The van der Waals surface area contributed by atoms with Crippen molar-refractivity contribution in [3.63, 3.8) is 0 Å². The van der Waals surface area contributed by atoms with Crippen molar-refractivity contribution in [3.8, 4) is 0 Å². The Labute approximate surface area is 137 Å². The third-order valence-electron chi connectivity index (χ3n) is 5.26. The molecule has 3 aliphatic rings. The van der Waals surface area contributed by atoms with Crippen molar-refractivity contribution in [2.24, 2.45) is 0 Å². The highest BCUT2D eigenvalue weighted by Crippen LogP contribution is 2.50. The molecule has 1 saturated carbocycles. The summed E-state index contributed by atoms with van der Waals surface area (Å²) >= 11 is 0. The maximum Gasteiger partial charge on any atom is 0.257 e. The van der Waals surface area contributed by atoms with Crippen LogP contribution in [-0.4, -0.2) is 38.3 Å². The smallest absolute Gasteiger partial charge is 0.257 e. The molecule has 22 heavy (non-hydrogen) atoms. The molecule has 0 radical (unpaired) electrons. The van der Waals surface area contributed by atoms with E-state index in [1.54, 1.807) is 0 Å². The second-order valence-electron chi connectivity index (χ2n) is 6.49. The van der Waals surface area contributed by atoms with Crippen molar-refractivity contribution < 1.29 is 9.53 Å². The first kappa shape index (κ1) is 15.8. The van der Waals surface area contributed by atoms with Crippen LogP contribution in [0.3, 0.4) is 0 Å². The van der Waals surface area contributed by atoms with Gasteiger partial charge in [-0.1, -0.05) is 31.0 Å². The summed E-state index contributed by atoms with van der Waals surface area (Å²) in [6.45, 7) is 2.93. The first-order chi connectivity index (χ1) is 10.3. The molecule has 1 spiro atoms. The lowest BCUT2D eigenvalue weighted by molar-refractivity contribution is -0.131. The van der Waals surface area contributed by atoms with E-state index in [0.717, 1.165) is 18.8 Å². The van der Waals surface area contributed by atoms with Crippen LogP contribution >= 0.6 is 12.4 Å². The van der Waals surface area contributed by atoms with E-state index in [1.165, 1.54) is 31.2 Å². The van der Waals surface area contributed by atoms with Gasteiger partial charge >= 0.3 is 0 Å². The summed E-state index contributed by atoms with van der Waals surface area (Å²) in [7, 11) is 0. The number of fused-ring (bicyclic) bond motifs is 2. The summed E-state index contributed by atoms with van der Waals surface area (Å²) in [5.41, 5.74) is 2.69. The molecular weight excluding hydrogens is 300 g/mol. The molecule has 1 unspecified atom stereocenters. The van der Waals surface area contributed by atoms with Gasteiger partial charge in [0.2, 0.25) is 0 Å². The molecule has 1 amide bonds. The molecule has 0 aromatic heterocycles. The van der Waals surface area contributed by atoms with Gasteiger partial charge in [0.25, 0.3) is 5.91 Å². The Balaban J connectivity index is 0.00000144. The normalized spacial score (nSPS) is 25.8. The van der Waals surface area contributed by atoms with Crippen LogP contribution in [0.1, 0.15) is 31.2 Å². The summed E-state index contributed by atoms with van der Waals surface area (Å²) in [6, 6.07) is 8.45. The van der Waals surface area contributed by atoms with E-state index in [1.807, 2.05) is 11.0 Å². The first-order valence-electron chi connectivity index (χ1n) is 8.03. The van der Waals surface area contributed by atoms with Gasteiger partial charge in [-0.3, -0.25) is 4.79 Å². The fraction of sp³-hybridized carbons (Fsp3) is 0.588. The first-order valence-corrected chi connectivity index (χ1v) is 8.03. The average Bonchev–Trinajstić information content (AvgIpc) is 3.15. The predicted molar refractivity (Wildman–Crippen MR) is 88.8 cm³/mol. The van der Waals surface area contributed by atoms with E-state index < -0.39 is 0 Å². The fourth-order valence-electron chi connectivity index (χ4n) is 4.20. The molecule has 1 atom stereocenters. The highest BCUT2D eigenvalue weighted by Gasteiger charge is 2.47. The number of carbonyl (C=O) groups is 1. The van der Waals surface area contributed by atoms with Gasteiger partial charge in [0.05, 0.1) is 6.61 Å². The van der Waals surface area contributed by atoms with E-state index in [9.17, 15) is 4.79 Å². The van der Waals surface area contributed by atoms with Crippen molar-refractivity contribution in [1.82, 2.24) is 5.32 Å². The minimum Gasteiger partial charge on any atom is -0.366 e. The fourth-order valence-corrected chi connectivity index (χ4v) is 4.20. The number of para-hydroxylation sites is 1. The molecule has 1 aromatic rings. The maximum atomic E-state index is 12.9. The summed E-state index contributed by atoms with van der Waals surface area (Å²) < 4.78 is 5.66. The number of carbonyl (C=O) groups excluding carboxylic acids is 1. The van der Waals surface area contributed by atoms with Crippen LogP contribution in [0.15, 0.2) is 24.3 Å². The molecule has 120 valence electrons. The number of halogens is 1. The number of hydrogen-bond acceptors (Lipinski definition) is 3. The molecular formula is C17H23ClN2O2. The lowest BCUT2D eigenvalue weighted by Crippen LogP contribution is -2.50. The van der Waals surface area contributed by atoms with E-state index in [-0.39, 0.29) is 29.8 Å². The lowest BCUT2D eigenvalue weighted by Gasteiger charge is -2.29. The minimum atomic E-state index is -0.330. The molecule has 2 heterocycles. The number of anilines is 1. The third kappa shape index (κ3) is 2.43. The third-order valence-corrected chi connectivity index (χ3v) is 5.26. The van der Waals surface area contributed by atoms with E-state index >= 15 is 0 Å². The summed E-state index contributed by atoms with van der Waals surface area (Å²) in [6.07, 6.45) is 4.63. The van der Waals surface area contributed by atoms with E-state index in [0.29, 0.717) is 13.2 Å². The molecule has 0 bridgehead atoms. The van der Waals surface area contributed by atoms with Gasteiger partial charge in [-0.05, 0) is 24.5 Å². The van der Waals surface area contributed by atoms with E-state index in [2.05, 4.69) is 23.5 Å².